The number of rotatable bonds is 6. The van der Waals surface area contributed by atoms with Gasteiger partial charge in [-0.25, -0.2) is 0 Å². The fourth-order valence-corrected chi connectivity index (χ4v) is 2.84. The van der Waals surface area contributed by atoms with E-state index >= 15 is 0 Å². The van der Waals surface area contributed by atoms with Crippen LogP contribution in [0.15, 0.2) is 60.7 Å². The molecule has 0 aliphatic carbocycles. The summed E-state index contributed by atoms with van der Waals surface area (Å²) in [5.41, 5.74) is 1.49. The summed E-state index contributed by atoms with van der Waals surface area (Å²) in [6.45, 7) is 1.80. The summed E-state index contributed by atoms with van der Waals surface area (Å²) in [7, 11) is 1.49. The summed E-state index contributed by atoms with van der Waals surface area (Å²) >= 11 is 0. The van der Waals surface area contributed by atoms with Crippen molar-refractivity contribution in [2.75, 3.05) is 13.7 Å². The van der Waals surface area contributed by atoms with Crippen LogP contribution < -0.4 is 14.8 Å². The second kappa shape index (κ2) is 8.24. The minimum atomic E-state index is -0.234. The lowest BCUT2D eigenvalue weighted by Crippen LogP contribution is -2.31. The van der Waals surface area contributed by atoms with Gasteiger partial charge in [0.05, 0.1) is 24.8 Å². The lowest BCUT2D eigenvalue weighted by Gasteiger charge is -2.16. The van der Waals surface area contributed by atoms with Crippen LogP contribution in [0.1, 0.15) is 24.1 Å². The van der Waals surface area contributed by atoms with Gasteiger partial charge in [0.1, 0.15) is 0 Å². The summed E-state index contributed by atoms with van der Waals surface area (Å²) in [6.07, 6.45) is 0. The zero-order valence-corrected chi connectivity index (χ0v) is 15.2. The summed E-state index contributed by atoms with van der Waals surface area (Å²) in [6, 6.07) is 20.9. The maximum Gasteiger partial charge on any atom is 0.258 e. The number of hydrogen-bond donors (Lipinski definition) is 1. The largest absolute Gasteiger partial charge is 0.493 e. The Kier molecular flexibility index (Phi) is 5.58. The Hall–Kier alpha value is -3.52. The number of nitrogens with zero attached hydrogens (tertiary/aromatic N) is 1. The summed E-state index contributed by atoms with van der Waals surface area (Å²) < 4.78 is 10.8. The van der Waals surface area contributed by atoms with E-state index in [0.29, 0.717) is 17.1 Å². The van der Waals surface area contributed by atoms with Crippen LogP contribution in [0.5, 0.6) is 11.5 Å². The molecule has 0 saturated carbocycles. The van der Waals surface area contributed by atoms with Gasteiger partial charge < -0.3 is 14.8 Å². The first kappa shape index (κ1) is 18.3. The number of carbonyl (C=O) groups is 1. The van der Waals surface area contributed by atoms with Crippen LogP contribution >= 0.6 is 0 Å². The second-order valence-electron chi connectivity index (χ2n) is 6.16. The van der Waals surface area contributed by atoms with Gasteiger partial charge in [-0.15, -0.1) is 0 Å². The van der Waals surface area contributed by atoms with Gasteiger partial charge in [0.25, 0.3) is 5.91 Å². The van der Waals surface area contributed by atoms with Crippen LogP contribution in [0, 0.1) is 11.3 Å². The van der Waals surface area contributed by atoms with Crippen LogP contribution in [0.4, 0.5) is 0 Å². The molecule has 0 radical (unpaired) electrons. The first-order chi connectivity index (χ1) is 13.1. The summed E-state index contributed by atoms with van der Waals surface area (Å²) in [5, 5.41) is 14.2. The highest BCUT2D eigenvalue weighted by atomic mass is 16.5. The van der Waals surface area contributed by atoms with Crippen molar-refractivity contribution in [2.24, 2.45) is 0 Å². The molecule has 1 N–H and O–H groups in total. The van der Waals surface area contributed by atoms with Crippen molar-refractivity contribution < 1.29 is 14.3 Å². The smallest absolute Gasteiger partial charge is 0.258 e. The van der Waals surface area contributed by atoms with Gasteiger partial charge in [-0.3, -0.25) is 4.79 Å². The highest BCUT2D eigenvalue weighted by Gasteiger charge is 2.12. The standard InChI is InChI=1S/C22H20N2O3/c1-15(18-9-8-17-5-3-4-6-19(17)12-18)24-22(25)14-27-20-10-7-16(13-23)11-21(20)26-2/h3-12,15H,14H2,1-2H3,(H,24,25). The van der Waals surface area contributed by atoms with Crippen molar-refractivity contribution in [3.63, 3.8) is 0 Å². The average Bonchev–Trinajstić information content (AvgIpc) is 2.71. The molecule has 27 heavy (non-hydrogen) atoms. The highest BCUT2D eigenvalue weighted by molar-refractivity contribution is 5.83. The Balaban J connectivity index is 1.62. The van der Waals surface area contributed by atoms with Crippen molar-refractivity contribution in [1.29, 1.82) is 5.26 Å². The van der Waals surface area contributed by atoms with Gasteiger partial charge >= 0.3 is 0 Å². The Labute approximate surface area is 158 Å². The number of fused-ring (bicyclic) bond motifs is 1. The number of hydrogen-bond acceptors (Lipinski definition) is 4. The molecule has 0 spiro atoms. The summed E-state index contributed by atoms with van der Waals surface area (Å²) in [5.74, 6) is 0.608. The molecule has 5 nitrogen and oxygen atoms in total. The van der Waals surface area contributed by atoms with E-state index in [2.05, 4.69) is 17.4 Å². The van der Waals surface area contributed by atoms with Crippen molar-refractivity contribution in [3.8, 4) is 17.6 Å². The number of nitriles is 1. The van der Waals surface area contributed by atoms with E-state index in [4.69, 9.17) is 14.7 Å². The summed E-state index contributed by atoms with van der Waals surface area (Å²) in [4.78, 5) is 12.3. The molecular weight excluding hydrogens is 340 g/mol. The molecule has 0 aliphatic heterocycles. The topological polar surface area (TPSA) is 71.3 Å². The number of methoxy groups -OCH3 is 1. The van der Waals surface area contributed by atoms with Gasteiger partial charge in [-0.1, -0.05) is 36.4 Å². The molecule has 1 amide bonds. The maximum atomic E-state index is 12.3. The lowest BCUT2D eigenvalue weighted by atomic mass is 10.0. The quantitative estimate of drug-likeness (QED) is 0.722. The molecule has 0 aliphatic rings. The van der Waals surface area contributed by atoms with Crippen molar-refractivity contribution >= 4 is 16.7 Å². The molecule has 1 unspecified atom stereocenters. The van der Waals surface area contributed by atoms with Crippen LogP contribution in [-0.4, -0.2) is 19.6 Å². The minimum Gasteiger partial charge on any atom is -0.493 e. The molecular formula is C22H20N2O3. The predicted molar refractivity (Wildman–Crippen MR) is 104 cm³/mol. The third-order valence-electron chi connectivity index (χ3n) is 4.30. The van der Waals surface area contributed by atoms with Gasteiger partial charge in [0.15, 0.2) is 18.1 Å². The van der Waals surface area contributed by atoms with Gasteiger partial charge in [-0.05, 0) is 41.5 Å². The minimum absolute atomic E-state index is 0.139. The third kappa shape index (κ3) is 4.36. The second-order valence-corrected chi connectivity index (χ2v) is 6.16. The van der Waals surface area contributed by atoms with Crippen molar-refractivity contribution in [1.82, 2.24) is 5.32 Å². The molecule has 0 heterocycles. The predicted octanol–water partition coefficient (Wildman–Crippen LogP) is 3.98. The molecule has 0 saturated heterocycles. The van der Waals surface area contributed by atoms with E-state index in [1.807, 2.05) is 43.3 Å². The Morgan fingerprint density at radius 3 is 2.59 bits per heavy atom. The van der Waals surface area contributed by atoms with Crippen molar-refractivity contribution in [2.45, 2.75) is 13.0 Å². The molecule has 0 fully saturated rings. The molecule has 3 aromatic rings. The fourth-order valence-electron chi connectivity index (χ4n) is 2.84. The Bertz CT molecular complexity index is 1010. The fraction of sp³-hybridized carbons (Fsp3) is 0.182. The van der Waals surface area contributed by atoms with E-state index in [0.717, 1.165) is 16.3 Å². The van der Waals surface area contributed by atoms with E-state index in [1.165, 1.54) is 7.11 Å². The number of benzene rings is 3. The molecule has 136 valence electrons. The molecule has 3 aromatic carbocycles. The zero-order valence-electron chi connectivity index (χ0n) is 15.2. The number of ether oxygens (including phenoxy) is 2. The Morgan fingerprint density at radius 2 is 1.85 bits per heavy atom. The van der Waals surface area contributed by atoms with E-state index in [9.17, 15) is 4.79 Å². The highest BCUT2D eigenvalue weighted by Crippen LogP contribution is 2.27. The number of amides is 1. The number of nitrogens with one attached hydrogen (secondary N) is 1. The average molecular weight is 360 g/mol. The van der Waals surface area contributed by atoms with Crippen LogP contribution in [0.25, 0.3) is 10.8 Å². The van der Waals surface area contributed by atoms with Crippen LogP contribution in [0.2, 0.25) is 0 Å². The normalized spacial score (nSPS) is 11.4. The van der Waals surface area contributed by atoms with Crippen LogP contribution in [0.3, 0.4) is 0 Å². The van der Waals surface area contributed by atoms with Gasteiger partial charge in [0, 0.05) is 6.07 Å². The molecule has 0 aromatic heterocycles. The lowest BCUT2D eigenvalue weighted by molar-refractivity contribution is -0.123. The SMILES string of the molecule is COc1cc(C#N)ccc1OCC(=O)NC(C)c1ccc2ccccc2c1. The molecule has 1 atom stereocenters. The van der Waals surface area contributed by atoms with Gasteiger partial charge in [-0.2, -0.15) is 5.26 Å². The third-order valence-corrected chi connectivity index (χ3v) is 4.30. The first-order valence-electron chi connectivity index (χ1n) is 8.59. The van der Waals surface area contributed by atoms with E-state index < -0.39 is 0 Å². The maximum absolute atomic E-state index is 12.3. The van der Waals surface area contributed by atoms with Crippen molar-refractivity contribution in [3.05, 3.63) is 71.8 Å². The number of carbonyl (C=O) groups excluding carboxylic acids is 1. The Morgan fingerprint density at radius 1 is 1.07 bits per heavy atom. The monoisotopic (exact) mass is 360 g/mol. The van der Waals surface area contributed by atoms with Gasteiger partial charge in [0.2, 0.25) is 0 Å². The van der Waals surface area contributed by atoms with E-state index in [-0.39, 0.29) is 18.6 Å². The molecule has 0 bridgehead atoms. The van der Waals surface area contributed by atoms with Crippen LogP contribution in [-0.2, 0) is 4.79 Å². The van der Waals surface area contributed by atoms with E-state index in [1.54, 1.807) is 18.2 Å². The zero-order chi connectivity index (χ0) is 19.2. The first-order valence-corrected chi connectivity index (χ1v) is 8.59. The molecule has 3 rings (SSSR count). The molecule has 5 heteroatoms.